The highest BCUT2D eigenvalue weighted by Crippen LogP contribution is 2.30. The fraction of sp³-hybridized carbons (Fsp3) is 0.0625. The van der Waals surface area contributed by atoms with E-state index < -0.39 is 5.97 Å². The van der Waals surface area contributed by atoms with Crippen molar-refractivity contribution < 1.29 is 9.90 Å². The van der Waals surface area contributed by atoms with Crippen LogP contribution in [-0.4, -0.2) is 11.1 Å². The normalized spacial score (nSPS) is 10.7. The summed E-state index contributed by atoms with van der Waals surface area (Å²) in [5.74, 6) is -0.883. The van der Waals surface area contributed by atoms with E-state index >= 15 is 0 Å². The third-order valence-corrected chi connectivity index (χ3v) is 4.85. The maximum atomic E-state index is 10.9. The first-order valence-electron chi connectivity index (χ1n) is 6.37. The van der Waals surface area contributed by atoms with Crippen molar-refractivity contribution >= 4 is 49.7 Å². The van der Waals surface area contributed by atoms with E-state index in [0.717, 1.165) is 25.8 Å². The Hall–Kier alpha value is -1.85. The highest BCUT2D eigenvalue weighted by atomic mass is 79.9. The summed E-state index contributed by atoms with van der Waals surface area (Å²) >= 11 is 5.01. The Kier molecular flexibility index (Phi) is 3.94. The molecule has 0 aliphatic carbocycles. The van der Waals surface area contributed by atoms with Gasteiger partial charge in [-0.25, -0.2) is 4.79 Å². The molecule has 106 valence electrons. The van der Waals surface area contributed by atoms with E-state index in [1.807, 2.05) is 24.3 Å². The molecule has 0 amide bonds. The molecular formula is C16H12BrNO2S. The number of hydrogen-bond acceptors (Lipinski definition) is 3. The van der Waals surface area contributed by atoms with E-state index in [9.17, 15) is 4.79 Å². The van der Waals surface area contributed by atoms with Crippen molar-refractivity contribution in [3.05, 3.63) is 62.8 Å². The number of halogens is 1. The van der Waals surface area contributed by atoms with Crippen molar-refractivity contribution in [3.63, 3.8) is 0 Å². The highest BCUT2D eigenvalue weighted by molar-refractivity contribution is 9.10. The predicted octanol–water partition coefficient (Wildman–Crippen LogP) is 4.97. The van der Waals surface area contributed by atoms with Crippen LogP contribution in [0.15, 0.2) is 52.3 Å². The van der Waals surface area contributed by atoms with Crippen molar-refractivity contribution in [2.45, 2.75) is 6.54 Å². The van der Waals surface area contributed by atoms with Crippen LogP contribution in [0.25, 0.3) is 10.8 Å². The van der Waals surface area contributed by atoms with Gasteiger partial charge in [0.1, 0.15) is 0 Å². The molecule has 0 atom stereocenters. The van der Waals surface area contributed by atoms with Crippen molar-refractivity contribution in [3.8, 4) is 0 Å². The van der Waals surface area contributed by atoms with Gasteiger partial charge in [-0.05, 0) is 23.6 Å². The van der Waals surface area contributed by atoms with Crippen LogP contribution < -0.4 is 5.32 Å². The number of aromatic carboxylic acids is 1. The minimum absolute atomic E-state index is 0.345. The molecule has 1 aromatic heterocycles. The second-order valence-corrected chi connectivity index (χ2v) is 6.45. The van der Waals surface area contributed by atoms with E-state index in [1.165, 1.54) is 11.3 Å². The first-order valence-corrected chi connectivity index (χ1v) is 8.04. The summed E-state index contributed by atoms with van der Waals surface area (Å²) < 4.78 is 1.06. The molecule has 0 saturated heterocycles. The van der Waals surface area contributed by atoms with Crippen LogP contribution in [0.2, 0.25) is 0 Å². The number of carbonyl (C=O) groups is 1. The average molecular weight is 362 g/mol. The molecule has 1 heterocycles. The zero-order valence-corrected chi connectivity index (χ0v) is 13.4. The van der Waals surface area contributed by atoms with Crippen molar-refractivity contribution in [2.24, 2.45) is 0 Å². The van der Waals surface area contributed by atoms with Crippen LogP contribution in [0, 0.1) is 0 Å². The summed E-state index contributed by atoms with van der Waals surface area (Å²) in [6, 6.07) is 13.9. The number of carboxylic acids is 1. The van der Waals surface area contributed by atoms with Gasteiger partial charge in [0.05, 0.1) is 5.56 Å². The van der Waals surface area contributed by atoms with Gasteiger partial charge in [0, 0.05) is 32.3 Å². The Morgan fingerprint density at radius 2 is 1.95 bits per heavy atom. The van der Waals surface area contributed by atoms with Gasteiger partial charge >= 0.3 is 5.97 Å². The molecule has 0 radical (unpaired) electrons. The van der Waals surface area contributed by atoms with Gasteiger partial charge in [0.15, 0.2) is 0 Å². The lowest BCUT2D eigenvalue weighted by Gasteiger charge is -2.10. The van der Waals surface area contributed by atoms with Crippen molar-refractivity contribution in [1.29, 1.82) is 0 Å². The van der Waals surface area contributed by atoms with Crippen LogP contribution in [0.1, 0.15) is 15.2 Å². The lowest BCUT2D eigenvalue weighted by molar-refractivity contribution is 0.0697. The summed E-state index contributed by atoms with van der Waals surface area (Å²) in [6.45, 7) is 0.615. The standard InChI is InChI=1S/C16H12BrNO2S/c17-14-5-6-15(13-4-2-1-3-12(13)14)18-8-11-7-10(9-21-11)16(19)20/h1-7,9,18H,8H2,(H,19,20). The zero-order chi connectivity index (χ0) is 14.8. The van der Waals surface area contributed by atoms with E-state index in [0.29, 0.717) is 12.1 Å². The molecule has 3 rings (SSSR count). The number of thiophene rings is 1. The molecule has 2 N–H and O–H groups in total. The van der Waals surface area contributed by atoms with E-state index in [4.69, 9.17) is 5.11 Å². The summed E-state index contributed by atoms with van der Waals surface area (Å²) in [7, 11) is 0. The van der Waals surface area contributed by atoms with Crippen molar-refractivity contribution in [1.82, 2.24) is 0 Å². The highest BCUT2D eigenvalue weighted by Gasteiger charge is 2.07. The molecule has 21 heavy (non-hydrogen) atoms. The van der Waals surface area contributed by atoms with Crippen LogP contribution in [-0.2, 0) is 6.54 Å². The molecule has 0 aliphatic rings. The van der Waals surface area contributed by atoms with Gasteiger partial charge in [-0.15, -0.1) is 11.3 Å². The van der Waals surface area contributed by atoms with Gasteiger partial charge in [-0.2, -0.15) is 0 Å². The third-order valence-electron chi connectivity index (χ3n) is 3.22. The zero-order valence-electron chi connectivity index (χ0n) is 11.0. The fourth-order valence-electron chi connectivity index (χ4n) is 2.18. The van der Waals surface area contributed by atoms with Crippen molar-refractivity contribution in [2.75, 3.05) is 5.32 Å². The summed E-state index contributed by atoms with van der Waals surface area (Å²) in [5, 5.41) is 16.3. The largest absolute Gasteiger partial charge is 0.478 e. The van der Waals surface area contributed by atoms with Gasteiger partial charge in [-0.3, -0.25) is 0 Å². The minimum Gasteiger partial charge on any atom is -0.478 e. The number of hydrogen-bond donors (Lipinski definition) is 2. The van der Waals surface area contributed by atoms with Crippen LogP contribution >= 0.6 is 27.3 Å². The Balaban J connectivity index is 1.85. The molecule has 0 aliphatic heterocycles. The lowest BCUT2D eigenvalue weighted by atomic mass is 10.1. The number of carboxylic acid groups (broad SMARTS) is 1. The van der Waals surface area contributed by atoms with Gasteiger partial charge in [-0.1, -0.05) is 40.2 Å². The molecule has 0 spiro atoms. The maximum absolute atomic E-state index is 10.9. The second-order valence-electron chi connectivity index (χ2n) is 4.60. The monoisotopic (exact) mass is 361 g/mol. The first-order chi connectivity index (χ1) is 10.1. The molecule has 0 fully saturated rings. The first kappa shape index (κ1) is 14.1. The molecule has 2 aromatic carbocycles. The minimum atomic E-state index is -0.883. The Morgan fingerprint density at radius 1 is 1.19 bits per heavy atom. The average Bonchev–Trinajstić information content (AvgIpc) is 2.96. The van der Waals surface area contributed by atoms with E-state index in [1.54, 1.807) is 11.4 Å². The molecule has 3 aromatic rings. The molecule has 0 bridgehead atoms. The van der Waals surface area contributed by atoms with Crippen LogP contribution in [0.4, 0.5) is 5.69 Å². The molecule has 0 saturated carbocycles. The van der Waals surface area contributed by atoms with Crippen LogP contribution in [0.3, 0.4) is 0 Å². The SMILES string of the molecule is O=C(O)c1csc(CNc2ccc(Br)c3ccccc23)c1. The number of benzene rings is 2. The summed E-state index contributed by atoms with van der Waals surface area (Å²) in [4.78, 5) is 11.9. The molecule has 5 heteroatoms. The Bertz CT molecular complexity index is 813. The predicted molar refractivity (Wildman–Crippen MR) is 90.3 cm³/mol. The Labute approximate surface area is 134 Å². The van der Waals surface area contributed by atoms with Gasteiger partial charge < -0.3 is 10.4 Å². The van der Waals surface area contributed by atoms with Gasteiger partial charge in [0.2, 0.25) is 0 Å². The number of nitrogens with one attached hydrogen (secondary N) is 1. The lowest BCUT2D eigenvalue weighted by Crippen LogP contribution is -1.99. The number of rotatable bonds is 4. The summed E-state index contributed by atoms with van der Waals surface area (Å²) in [5.41, 5.74) is 1.39. The quantitative estimate of drug-likeness (QED) is 0.689. The fourth-order valence-corrected chi connectivity index (χ4v) is 3.46. The second kappa shape index (κ2) is 5.87. The number of fused-ring (bicyclic) bond motifs is 1. The number of anilines is 1. The third kappa shape index (κ3) is 2.94. The molecule has 0 unspecified atom stereocenters. The molecule has 3 nitrogen and oxygen atoms in total. The van der Waals surface area contributed by atoms with E-state index in [2.05, 4.69) is 33.4 Å². The van der Waals surface area contributed by atoms with Gasteiger partial charge in [0.25, 0.3) is 0 Å². The topological polar surface area (TPSA) is 49.3 Å². The van der Waals surface area contributed by atoms with E-state index in [-0.39, 0.29) is 0 Å². The molecular weight excluding hydrogens is 350 g/mol. The van der Waals surface area contributed by atoms with Crippen LogP contribution in [0.5, 0.6) is 0 Å². The maximum Gasteiger partial charge on any atom is 0.336 e. The Morgan fingerprint density at radius 3 is 2.67 bits per heavy atom. The summed E-state index contributed by atoms with van der Waals surface area (Å²) in [6.07, 6.45) is 0. The smallest absolute Gasteiger partial charge is 0.336 e.